The van der Waals surface area contributed by atoms with Crippen molar-refractivity contribution in [2.45, 2.75) is 51.1 Å². The minimum atomic E-state index is -0.177. The topological polar surface area (TPSA) is 70.6 Å². The lowest BCUT2D eigenvalue weighted by Crippen LogP contribution is -2.55. The Labute approximate surface area is 165 Å². The van der Waals surface area contributed by atoms with E-state index in [1.165, 1.54) is 12.8 Å². The SMILES string of the molecule is CCC1C(=O)N(C)c2cnc(Nc3cc[c]cc3OC)nc2N1C1CCCC1. The molecule has 1 aliphatic carbocycles. The van der Waals surface area contributed by atoms with Crippen LogP contribution in [-0.2, 0) is 4.79 Å². The summed E-state index contributed by atoms with van der Waals surface area (Å²) in [6.45, 7) is 2.06. The maximum Gasteiger partial charge on any atom is 0.249 e. The number of carbonyl (C=O) groups excluding carboxylic acids is 1. The number of carbonyl (C=O) groups is 1. The minimum absolute atomic E-state index is 0.117. The molecule has 0 saturated heterocycles. The van der Waals surface area contributed by atoms with Crippen molar-refractivity contribution in [3.8, 4) is 5.75 Å². The highest BCUT2D eigenvalue weighted by molar-refractivity contribution is 6.04. The number of nitrogens with one attached hydrogen (secondary N) is 1. The van der Waals surface area contributed by atoms with Gasteiger partial charge in [0.1, 0.15) is 17.5 Å². The molecule has 1 saturated carbocycles. The van der Waals surface area contributed by atoms with Crippen molar-refractivity contribution < 1.29 is 9.53 Å². The van der Waals surface area contributed by atoms with Gasteiger partial charge in [0.2, 0.25) is 11.9 Å². The van der Waals surface area contributed by atoms with E-state index in [4.69, 9.17) is 9.72 Å². The standard InChI is InChI=1S/C21H26N5O2/c1-4-16-20(27)25(2)17-13-22-21(23-15-11-7-8-12-18(15)28-3)24-19(17)26(16)14-9-5-6-10-14/h7,11-14,16H,4-6,9-10H2,1-3H3,(H,22,23,24). The van der Waals surface area contributed by atoms with Crippen LogP contribution in [0.3, 0.4) is 0 Å². The number of hydrogen-bond acceptors (Lipinski definition) is 6. The molecule has 2 heterocycles. The summed E-state index contributed by atoms with van der Waals surface area (Å²) in [7, 11) is 3.43. The zero-order chi connectivity index (χ0) is 19.7. The van der Waals surface area contributed by atoms with Gasteiger partial charge in [0.25, 0.3) is 0 Å². The molecule has 1 amide bonds. The maximum absolute atomic E-state index is 12.9. The van der Waals surface area contributed by atoms with Crippen LogP contribution in [0.4, 0.5) is 23.1 Å². The Hall–Kier alpha value is -2.83. The molecule has 1 N–H and O–H groups in total. The first-order valence-electron chi connectivity index (χ1n) is 9.88. The fraction of sp³-hybridized carbons (Fsp3) is 0.476. The Kier molecular flexibility index (Phi) is 5.07. The summed E-state index contributed by atoms with van der Waals surface area (Å²) in [5, 5.41) is 3.25. The van der Waals surface area contributed by atoms with Crippen LogP contribution in [0.2, 0.25) is 0 Å². The van der Waals surface area contributed by atoms with Crippen molar-refractivity contribution in [3.05, 3.63) is 30.5 Å². The molecule has 7 heteroatoms. The van der Waals surface area contributed by atoms with Gasteiger partial charge >= 0.3 is 0 Å². The van der Waals surface area contributed by atoms with E-state index in [0.717, 1.165) is 36.5 Å². The summed E-state index contributed by atoms with van der Waals surface area (Å²) in [4.78, 5) is 26.2. The van der Waals surface area contributed by atoms with Gasteiger partial charge in [-0.2, -0.15) is 4.98 Å². The van der Waals surface area contributed by atoms with Crippen LogP contribution >= 0.6 is 0 Å². The van der Waals surface area contributed by atoms with Crippen LogP contribution in [0.1, 0.15) is 39.0 Å². The van der Waals surface area contributed by atoms with Gasteiger partial charge in [-0.05, 0) is 37.5 Å². The van der Waals surface area contributed by atoms with Crippen LogP contribution < -0.4 is 19.9 Å². The summed E-state index contributed by atoms with van der Waals surface area (Å²) in [5.74, 6) is 2.12. The van der Waals surface area contributed by atoms with Crippen LogP contribution in [0, 0.1) is 6.07 Å². The molecular weight excluding hydrogens is 354 g/mol. The molecule has 147 valence electrons. The van der Waals surface area contributed by atoms with Gasteiger partial charge in [-0.15, -0.1) is 0 Å². The van der Waals surface area contributed by atoms with Gasteiger partial charge in [-0.1, -0.05) is 25.8 Å². The Morgan fingerprint density at radius 1 is 1.36 bits per heavy atom. The van der Waals surface area contributed by atoms with Crippen molar-refractivity contribution in [1.29, 1.82) is 0 Å². The number of anilines is 4. The minimum Gasteiger partial charge on any atom is -0.495 e. The number of ether oxygens (including phenoxy) is 1. The summed E-state index contributed by atoms with van der Waals surface area (Å²) in [6.07, 6.45) is 7.09. The second-order valence-corrected chi connectivity index (χ2v) is 7.32. The van der Waals surface area contributed by atoms with Crippen molar-refractivity contribution in [3.63, 3.8) is 0 Å². The quantitative estimate of drug-likeness (QED) is 0.856. The first kappa shape index (κ1) is 18.5. The molecule has 1 fully saturated rings. The predicted molar refractivity (Wildman–Crippen MR) is 109 cm³/mol. The number of methoxy groups -OCH3 is 1. The van der Waals surface area contributed by atoms with Gasteiger partial charge in [0.05, 0.1) is 19.0 Å². The van der Waals surface area contributed by atoms with E-state index in [2.05, 4.69) is 28.2 Å². The molecule has 1 aromatic heterocycles. The number of rotatable bonds is 5. The molecule has 1 unspecified atom stereocenters. The fourth-order valence-corrected chi connectivity index (χ4v) is 4.25. The van der Waals surface area contributed by atoms with Gasteiger partial charge < -0.3 is 19.9 Å². The second-order valence-electron chi connectivity index (χ2n) is 7.32. The Morgan fingerprint density at radius 2 is 2.14 bits per heavy atom. The number of hydrogen-bond donors (Lipinski definition) is 1. The predicted octanol–water partition coefficient (Wildman–Crippen LogP) is 3.53. The first-order chi connectivity index (χ1) is 13.6. The summed E-state index contributed by atoms with van der Waals surface area (Å²) >= 11 is 0. The van der Waals surface area contributed by atoms with E-state index in [9.17, 15) is 4.79 Å². The van der Waals surface area contributed by atoms with E-state index in [0.29, 0.717) is 17.7 Å². The molecule has 1 atom stereocenters. The number of fused-ring (bicyclic) bond motifs is 1. The van der Waals surface area contributed by atoms with Crippen LogP contribution in [0.15, 0.2) is 24.4 Å². The van der Waals surface area contributed by atoms with E-state index in [1.54, 1.807) is 24.3 Å². The smallest absolute Gasteiger partial charge is 0.249 e. The second kappa shape index (κ2) is 7.66. The summed E-state index contributed by atoms with van der Waals surface area (Å²) in [5.41, 5.74) is 1.54. The lowest BCUT2D eigenvalue weighted by atomic mass is 10.0. The molecule has 1 aromatic carbocycles. The molecule has 0 spiro atoms. The third-order valence-electron chi connectivity index (χ3n) is 5.70. The first-order valence-corrected chi connectivity index (χ1v) is 9.88. The Bertz CT molecular complexity index is 866. The van der Waals surface area contributed by atoms with Gasteiger partial charge in [0, 0.05) is 13.1 Å². The highest BCUT2D eigenvalue weighted by Crippen LogP contribution is 2.40. The molecule has 2 aliphatic rings. The zero-order valence-electron chi connectivity index (χ0n) is 16.6. The lowest BCUT2D eigenvalue weighted by Gasteiger charge is -2.43. The summed E-state index contributed by atoms with van der Waals surface area (Å²) < 4.78 is 5.39. The molecule has 4 rings (SSSR count). The van der Waals surface area contributed by atoms with Crippen LogP contribution in [0.5, 0.6) is 5.75 Å². The van der Waals surface area contributed by atoms with Crippen LogP contribution in [0.25, 0.3) is 0 Å². The van der Waals surface area contributed by atoms with Crippen LogP contribution in [-0.4, -0.2) is 42.1 Å². The van der Waals surface area contributed by atoms with Crippen molar-refractivity contribution in [2.75, 3.05) is 29.3 Å². The number of benzene rings is 1. The molecule has 0 bridgehead atoms. The highest BCUT2D eigenvalue weighted by Gasteiger charge is 2.41. The highest BCUT2D eigenvalue weighted by atomic mass is 16.5. The zero-order valence-corrected chi connectivity index (χ0v) is 16.6. The van der Waals surface area contributed by atoms with E-state index < -0.39 is 0 Å². The Balaban J connectivity index is 1.74. The molecule has 1 aliphatic heterocycles. The fourth-order valence-electron chi connectivity index (χ4n) is 4.25. The summed E-state index contributed by atoms with van der Waals surface area (Å²) in [6, 6.07) is 8.63. The van der Waals surface area contributed by atoms with Crippen molar-refractivity contribution in [2.24, 2.45) is 0 Å². The third-order valence-corrected chi connectivity index (χ3v) is 5.70. The molecule has 7 nitrogen and oxygen atoms in total. The molecule has 1 radical (unpaired) electrons. The molecule has 2 aromatic rings. The Morgan fingerprint density at radius 3 is 2.86 bits per heavy atom. The van der Waals surface area contributed by atoms with Gasteiger partial charge in [-0.3, -0.25) is 4.79 Å². The van der Waals surface area contributed by atoms with Gasteiger partial charge in [-0.25, -0.2) is 4.98 Å². The third kappa shape index (κ3) is 3.15. The number of likely N-dealkylation sites (N-methyl/N-ethyl adjacent to an activating group) is 1. The number of nitrogens with zero attached hydrogens (tertiary/aromatic N) is 4. The van der Waals surface area contributed by atoms with Gasteiger partial charge in [0.15, 0.2) is 5.82 Å². The number of aromatic nitrogens is 2. The van der Waals surface area contributed by atoms with E-state index in [1.807, 2.05) is 19.2 Å². The maximum atomic E-state index is 12.9. The lowest BCUT2D eigenvalue weighted by molar-refractivity contribution is -0.120. The normalized spacial score (nSPS) is 19.7. The molecular formula is C21H26N5O2. The number of amides is 1. The monoisotopic (exact) mass is 380 g/mol. The van der Waals surface area contributed by atoms with Crippen molar-refractivity contribution in [1.82, 2.24) is 9.97 Å². The van der Waals surface area contributed by atoms with E-state index in [-0.39, 0.29) is 11.9 Å². The average Bonchev–Trinajstić information content (AvgIpc) is 3.25. The van der Waals surface area contributed by atoms with E-state index >= 15 is 0 Å². The largest absolute Gasteiger partial charge is 0.495 e. The average molecular weight is 380 g/mol. The molecule has 28 heavy (non-hydrogen) atoms. The van der Waals surface area contributed by atoms with Crippen molar-refractivity contribution >= 4 is 29.0 Å².